The van der Waals surface area contributed by atoms with Crippen molar-refractivity contribution < 1.29 is 9.15 Å². The summed E-state index contributed by atoms with van der Waals surface area (Å²) in [5, 5.41) is 0. The maximum atomic E-state index is 5.83. The molecule has 5 heteroatoms. The highest BCUT2D eigenvalue weighted by Gasteiger charge is 2.29. The third kappa shape index (κ3) is 3.32. The predicted molar refractivity (Wildman–Crippen MR) is 70.0 cm³/mol. The van der Waals surface area contributed by atoms with Crippen molar-refractivity contribution in [3.05, 3.63) is 24.2 Å². The van der Waals surface area contributed by atoms with Gasteiger partial charge in [-0.2, -0.15) is 0 Å². The Morgan fingerprint density at radius 3 is 3.00 bits per heavy atom. The van der Waals surface area contributed by atoms with Crippen LogP contribution in [0.2, 0.25) is 0 Å². The summed E-state index contributed by atoms with van der Waals surface area (Å²) in [6.07, 6.45) is 2.54. The molecule has 1 aromatic heterocycles. The van der Waals surface area contributed by atoms with E-state index in [9.17, 15) is 0 Å². The molecular weight excluding hydrogens is 230 g/mol. The van der Waals surface area contributed by atoms with E-state index in [4.69, 9.17) is 15.0 Å². The van der Waals surface area contributed by atoms with Crippen LogP contribution in [0.15, 0.2) is 22.8 Å². The lowest BCUT2D eigenvalue weighted by molar-refractivity contribution is -0.0558. The normalized spacial score (nSPS) is 23.4. The molecule has 0 saturated carbocycles. The van der Waals surface area contributed by atoms with Crippen LogP contribution in [0.5, 0.6) is 0 Å². The zero-order valence-electron chi connectivity index (χ0n) is 11.1. The van der Waals surface area contributed by atoms with Gasteiger partial charge in [-0.3, -0.25) is 16.2 Å². The summed E-state index contributed by atoms with van der Waals surface area (Å²) in [4.78, 5) is 2.42. The molecule has 0 amide bonds. The Morgan fingerprint density at radius 1 is 1.56 bits per heavy atom. The summed E-state index contributed by atoms with van der Waals surface area (Å²) in [7, 11) is 0. The molecule has 0 bridgehead atoms. The van der Waals surface area contributed by atoms with Crippen LogP contribution in [0, 0.1) is 0 Å². The van der Waals surface area contributed by atoms with Crippen LogP contribution >= 0.6 is 0 Å². The third-order valence-electron chi connectivity index (χ3n) is 3.52. The van der Waals surface area contributed by atoms with Gasteiger partial charge in [0.15, 0.2) is 0 Å². The van der Waals surface area contributed by atoms with Gasteiger partial charge in [-0.1, -0.05) is 0 Å². The number of hydrogen-bond donors (Lipinski definition) is 2. The molecule has 1 fully saturated rings. The highest BCUT2D eigenvalue weighted by atomic mass is 16.5. The minimum Gasteiger partial charge on any atom is -0.469 e. The first kappa shape index (κ1) is 13.5. The fourth-order valence-electron chi connectivity index (χ4n) is 2.35. The Bertz CT molecular complexity index is 340. The average molecular weight is 253 g/mol. The molecule has 5 nitrogen and oxygen atoms in total. The minimum absolute atomic E-state index is 0.0812. The van der Waals surface area contributed by atoms with Crippen LogP contribution in [0.4, 0.5) is 0 Å². The number of nitrogens with zero attached hydrogens (tertiary/aromatic N) is 1. The van der Waals surface area contributed by atoms with Crippen molar-refractivity contribution in [2.24, 2.45) is 5.84 Å². The molecule has 2 unspecified atom stereocenters. The van der Waals surface area contributed by atoms with Crippen molar-refractivity contribution in [1.82, 2.24) is 10.3 Å². The second kappa shape index (κ2) is 6.33. The van der Waals surface area contributed by atoms with Crippen molar-refractivity contribution in [3.63, 3.8) is 0 Å². The van der Waals surface area contributed by atoms with Gasteiger partial charge in [-0.05, 0) is 26.0 Å². The van der Waals surface area contributed by atoms with E-state index in [1.807, 2.05) is 12.1 Å². The van der Waals surface area contributed by atoms with E-state index in [1.54, 1.807) is 6.26 Å². The molecule has 102 valence electrons. The Kier molecular flexibility index (Phi) is 4.77. The third-order valence-corrected chi connectivity index (χ3v) is 3.52. The lowest BCUT2D eigenvalue weighted by Gasteiger charge is -2.38. The van der Waals surface area contributed by atoms with Crippen LogP contribution in [-0.2, 0) is 11.2 Å². The second-order valence-corrected chi connectivity index (χ2v) is 5.05. The topological polar surface area (TPSA) is 63.7 Å². The maximum absolute atomic E-state index is 5.83. The monoisotopic (exact) mass is 253 g/mol. The largest absolute Gasteiger partial charge is 0.469 e. The molecule has 3 N–H and O–H groups in total. The highest BCUT2D eigenvalue weighted by molar-refractivity contribution is 5.02. The number of furan rings is 1. The Morgan fingerprint density at radius 2 is 2.39 bits per heavy atom. The molecule has 2 atom stereocenters. The SMILES string of the molecule is CC(C)N1CCOC(C(Cc2ccco2)NN)C1. The van der Waals surface area contributed by atoms with E-state index in [0.29, 0.717) is 6.04 Å². The number of morpholine rings is 1. The van der Waals surface area contributed by atoms with Crippen molar-refractivity contribution in [1.29, 1.82) is 0 Å². The average Bonchev–Trinajstić information content (AvgIpc) is 2.89. The van der Waals surface area contributed by atoms with E-state index < -0.39 is 0 Å². The fourth-order valence-corrected chi connectivity index (χ4v) is 2.35. The van der Waals surface area contributed by atoms with Gasteiger partial charge in [-0.15, -0.1) is 0 Å². The molecule has 0 spiro atoms. The van der Waals surface area contributed by atoms with E-state index in [-0.39, 0.29) is 12.1 Å². The number of hydrogen-bond acceptors (Lipinski definition) is 5. The van der Waals surface area contributed by atoms with Gasteiger partial charge >= 0.3 is 0 Å². The molecule has 1 aliphatic rings. The molecule has 2 heterocycles. The van der Waals surface area contributed by atoms with Gasteiger partial charge in [0.25, 0.3) is 0 Å². The Balaban J connectivity index is 1.94. The van der Waals surface area contributed by atoms with Crippen LogP contribution in [0.3, 0.4) is 0 Å². The minimum atomic E-state index is 0.0812. The number of nitrogens with one attached hydrogen (secondary N) is 1. The lowest BCUT2D eigenvalue weighted by Crippen LogP contribution is -2.56. The zero-order chi connectivity index (χ0) is 13.0. The van der Waals surface area contributed by atoms with Crippen LogP contribution in [0.1, 0.15) is 19.6 Å². The Labute approximate surface area is 108 Å². The molecule has 1 aliphatic heterocycles. The number of hydrazine groups is 1. The molecule has 2 rings (SSSR count). The van der Waals surface area contributed by atoms with Crippen molar-refractivity contribution in [2.75, 3.05) is 19.7 Å². The molecule has 0 radical (unpaired) electrons. The number of ether oxygens (including phenoxy) is 1. The van der Waals surface area contributed by atoms with Crippen molar-refractivity contribution in [2.45, 2.75) is 38.5 Å². The maximum Gasteiger partial charge on any atom is 0.105 e. The number of nitrogens with two attached hydrogens (primary N) is 1. The van der Waals surface area contributed by atoms with Crippen LogP contribution in [-0.4, -0.2) is 42.8 Å². The summed E-state index contributed by atoms with van der Waals surface area (Å²) >= 11 is 0. The summed E-state index contributed by atoms with van der Waals surface area (Å²) in [6, 6.07) is 4.48. The quantitative estimate of drug-likeness (QED) is 0.599. The van der Waals surface area contributed by atoms with Gasteiger partial charge in [-0.25, -0.2) is 0 Å². The van der Waals surface area contributed by atoms with Crippen molar-refractivity contribution >= 4 is 0 Å². The zero-order valence-corrected chi connectivity index (χ0v) is 11.1. The molecule has 0 aliphatic carbocycles. The highest BCUT2D eigenvalue weighted by Crippen LogP contribution is 2.15. The van der Waals surface area contributed by atoms with E-state index in [2.05, 4.69) is 24.2 Å². The van der Waals surface area contributed by atoms with Gasteiger partial charge < -0.3 is 9.15 Å². The molecule has 0 aromatic carbocycles. The smallest absolute Gasteiger partial charge is 0.105 e. The summed E-state index contributed by atoms with van der Waals surface area (Å²) in [5.41, 5.74) is 2.86. The second-order valence-electron chi connectivity index (χ2n) is 5.05. The van der Waals surface area contributed by atoms with Gasteiger partial charge in [0.2, 0.25) is 0 Å². The van der Waals surface area contributed by atoms with E-state index in [0.717, 1.165) is 31.9 Å². The van der Waals surface area contributed by atoms with Gasteiger partial charge in [0.1, 0.15) is 5.76 Å². The predicted octanol–water partition coefficient (Wildman–Crippen LogP) is 0.763. The van der Waals surface area contributed by atoms with Gasteiger partial charge in [0, 0.05) is 25.6 Å². The number of rotatable bonds is 5. The van der Waals surface area contributed by atoms with E-state index in [1.165, 1.54) is 0 Å². The van der Waals surface area contributed by atoms with Crippen molar-refractivity contribution in [3.8, 4) is 0 Å². The summed E-state index contributed by atoms with van der Waals surface area (Å²) in [6.45, 7) is 7.08. The van der Waals surface area contributed by atoms with Crippen LogP contribution in [0.25, 0.3) is 0 Å². The van der Waals surface area contributed by atoms with Gasteiger partial charge in [0.05, 0.1) is 25.0 Å². The first-order valence-electron chi connectivity index (χ1n) is 6.55. The molecule has 18 heavy (non-hydrogen) atoms. The molecule has 1 saturated heterocycles. The van der Waals surface area contributed by atoms with Crippen LogP contribution < -0.4 is 11.3 Å². The standard InChI is InChI=1S/C13H23N3O2/c1-10(2)16-5-7-18-13(9-16)12(15-14)8-11-4-3-6-17-11/h3-4,6,10,12-13,15H,5,7-9,14H2,1-2H3. The summed E-state index contributed by atoms with van der Waals surface area (Å²) < 4.78 is 11.2. The molecular formula is C13H23N3O2. The van der Waals surface area contributed by atoms with E-state index >= 15 is 0 Å². The first-order valence-corrected chi connectivity index (χ1v) is 6.55. The fraction of sp³-hybridized carbons (Fsp3) is 0.692. The molecule has 1 aromatic rings. The first-order chi connectivity index (χ1) is 8.70. The lowest BCUT2D eigenvalue weighted by atomic mass is 10.0. The summed E-state index contributed by atoms with van der Waals surface area (Å²) in [5.74, 6) is 6.59. The Hall–Kier alpha value is -0.880.